The summed E-state index contributed by atoms with van der Waals surface area (Å²) in [5.74, 6) is 3.29. The SMILES string of the molecule is CCCNCCN(C)CCC1CC2CCC1C2. The van der Waals surface area contributed by atoms with Crippen molar-refractivity contribution in [3.05, 3.63) is 0 Å². The summed E-state index contributed by atoms with van der Waals surface area (Å²) < 4.78 is 0. The predicted octanol–water partition coefficient (Wildman–Crippen LogP) is 2.74. The van der Waals surface area contributed by atoms with Crippen LogP contribution in [0.25, 0.3) is 0 Å². The summed E-state index contributed by atoms with van der Waals surface area (Å²) in [5, 5.41) is 3.48. The second-order valence-corrected chi connectivity index (χ2v) is 6.28. The summed E-state index contributed by atoms with van der Waals surface area (Å²) in [6.45, 7) is 7.07. The largest absolute Gasteiger partial charge is 0.315 e. The Balaban J connectivity index is 1.52. The fraction of sp³-hybridized carbons (Fsp3) is 1.00. The molecule has 0 spiro atoms. The first-order valence-electron chi connectivity index (χ1n) is 7.68. The average molecular weight is 238 g/mol. The minimum absolute atomic E-state index is 1.07. The molecule has 1 N–H and O–H groups in total. The number of nitrogens with zero attached hydrogens (tertiary/aromatic N) is 1. The Morgan fingerprint density at radius 2 is 2.00 bits per heavy atom. The highest BCUT2D eigenvalue weighted by atomic mass is 15.1. The van der Waals surface area contributed by atoms with Gasteiger partial charge in [-0.3, -0.25) is 0 Å². The van der Waals surface area contributed by atoms with Crippen molar-refractivity contribution in [3.63, 3.8) is 0 Å². The topological polar surface area (TPSA) is 15.3 Å². The molecule has 2 saturated carbocycles. The van der Waals surface area contributed by atoms with Crippen LogP contribution >= 0.6 is 0 Å². The maximum absolute atomic E-state index is 3.48. The molecule has 2 rings (SSSR count). The third-order valence-corrected chi connectivity index (χ3v) is 4.86. The maximum Gasteiger partial charge on any atom is 0.0104 e. The first kappa shape index (κ1) is 13.4. The fourth-order valence-electron chi connectivity index (χ4n) is 3.80. The summed E-state index contributed by atoms with van der Waals surface area (Å²) in [6.07, 6.45) is 8.88. The number of hydrogen-bond donors (Lipinski definition) is 1. The highest BCUT2D eigenvalue weighted by Gasteiger charge is 2.38. The van der Waals surface area contributed by atoms with E-state index in [0.717, 1.165) is 24.3 Å². The molecule has 2 aliphatic rings. The van der Waals surface area contributed by atoms with Crippen LogP contribution in [0.1, 0.15) is 45.4 Å². The van der Waals surface area contributed by atoms with Gasteiger partial charge in [0.15, 0.2) is 0 Å². The van der Waals surface area contributed by atoms with Crippen molar-refractivity contribution in [1.29, 1.82) is 0 Å². The lowest BCUT2D eigenvalue weighted by Gasteiger charge is -2.24. The summed E-state index contributed by atoms with van der Waals surface area (Å²) in [4.78, 5) is 2.51. The minimum Gasteiger partial charge on any atom is -0.315 e. The molecule has 0 amide bonds. The van der Waals surface area contributed by atoms with E-state index in [1.807, 2.05) is 0 Å². The van der Waals surface area contributed by atoms with Crippen molar-refractivity contribution in [3.8, 4) is 0 Å². The van der Waals surface area contributed by atoms with Crippen LogP contribution in [0.5, 0.6) is 0 Å². The van der Waals surface area contributed by atoms with E-state index in [2.05, 4.69) is 24.2 Å². The number of likely N-dealkylation sites (N-methyl/N-ethyl adjacent to an activating group) is 1. The number of fused-ring (bicyclic) bond motifs is 2. The molecule has 0 aromatic carbocycles. The Bertz CT molecular complexity index is 217. The summed E-state index contributed by atoms with van der Waals surface area (Å²) >= 11 is 0. The molecule has 0 aromatic rings. The van der Waals surface area contributed by atoms with Crippen molar-refractivity contribution in [2.75, 3.05) is 33.2 Å². The average Bonchev–Trinajstić information content (AvgIpc) is 2.94. The van der Waals surface area contributed by atoms with Gasteiger partial charge in [0.05, 0.1) is 0 Å². The van der Waals surface area contributed by atoms with Crippen LogP contribution in [0.15, 0.2) is 0 Å². The van der Waals surface area contributed by atoms with E-state index >= 15 is 0 Å². The van der Waals surface area contributed by atoms with Crippen LogP contribution in [0.2, 0.25) is 0 Å². The second-order valence-electron chi connectivity index (χ2n) is 6.28. The zero-order chi connectivity index (χ0) is 12.1. The Labute approximate surface area is 107 Å². The molecule has 2 fully saturated rings. The third kappa shape index (κ3) is 3.96. The number of rotatable bonds is 8. The Hall–Kier alpha value is -0.0800. The Morgan fingerprint density at radius 1 is 1.12 bits per heavy atom. The summed E-state index contributed by atoms with van der Waals surface area (Å²) in [7, 11) is 2.28. The van der Waals surface area contributed by atoms with Crippen LogP contribution in [0, 0.1) is 17.8 Å². The van der Waals surface area contributed by atoms with Gasteiger partial charge in [0.1, 0.15) is 0 Å². The molecule has 3 unspecified atom stereocenters. The normalized spacial score (nSPS) is 31.6. The molecule has 0 aliphatic heterocycles. The van der Waals surface area contributed by atoms with E-state index < -0.39 is 0 Å². The molecule has 0 saturated heterocycles. The van der Waals surface area contributed by atoms with Crippen molar-refractivity contribution in [2.45, 2.75) is 45.4 Å². The van der Waals surface area contributed by atoms with E-state index in [0.29, 0.717) is 0 Å². The molecular weight excluding hydrogens is 208 g/mol. The Kier molecular flexibility index (Phi) is 5.30. The van der Waals surface area contributed by atoms with Gasteiger partial charge in [0.2, 0.25) is 0 Å². The summed E-state index contributed by atoms with van der Waals surface area (Å²) in [5.41, 5.74) is 0. The molecule has 2 bridgehead atoms. The van der Waals surface area contributed by atoms with Gasteiger partial charge < -0.3 is 10.2 Å². The van der Waals surface area contributed by atoms with E-state index in [9.17, 15) is 0 Å². The summed E-state index contributed by atoms with van der Waals surface area (Å²) in [6, 6.07) is 0. The fourth-order valence-corrected chi connectivity index (χ4v) is 3.80. The standard InChI is InChI=1S/C15H30N2/c1-3-7-16-8-10-17(2)9-6-15-12-13-4-5-14(15)11-13/h13-16H,3-12H2,1-2H3. The maximum atomic E-state index is 3.48. The van der Waals surface area contributed by atoms with Gasteiger partial charge in [-0.15, -0.1) is 0 Å². The lowest BCUT2D eigenvalue weighted by molar-refractivity contribution is 0.252. The van der Waals surface area contributed by atoms with E-state index in [-0.39, 0.29) is 0 Å². The quantitative estimate of drug-likeness (QED) is 0.654. The Morgan fingerprint density at radius 3 is 2.65 bits per heavy atom. The van der Waals surface area contributed by atoms with Gasteiger partial charge >= 0.3 is 0 Å². The van der Waals surface area contributed by atoms with Crippen LogP contribution in [0.4, 0.5) is 0 Å². The molecule has 0 heterocycles. The van der Waals surface area contributed by atoms with Gasteiger partial charge in [-0.25, -0.2) is 0 Å². The lowest BCUT2D eigenvalue weighted by Crippen LogP contribution is -2.31. The lowest BCUT2D eigenvalue weighted by atomic mass is 9.86. The van der Waals surface area contributed by atoms with Crippen LogP contribution < -0.4 is 5.32 Å². The van der Waals surface area contributed by atoms with Crippen LogP contribution in [0.3, 0.4) is 0 Å². The zero-order valence-electron chi connectivity index (χ0n) is 11.8. The number of hydrogen-bond acceptors (Lipinski definition) is 2. The van der Waals surface area contributed by atoms with Gasteiger partial charge in [-0.1, -0.05) is 13.3 Å². The molecular formula is C15H30N2. The molecule has 3 atom stereocenters. The number of nitrogens with one attached hydrogen (secondary N) is 1. The molecule has 17 heavy (non-hydrogen) atoms. The van der Waals surface area contributed by atoms with E-state index in [1.54, 1.807) is 12.8 Å². The van der Waals surface area contributed by atoms with Crippen LogP contribution in [-0.2, 0) is 0 Å². The van der Waals surface area contributed by atoms with E-state index in [4.69, 9.17) is 0 Å². The van der Waals surface area contributed by atoms with Crippen molar-refractivity contribution < 1.29 is 0 Å². The van der Waals surface area contributed by atoms with Gasteiger partial charge in [-0.05, 0) is 70.0 Å². The smallest absolute Gasteiger partial charge is 0.0104 e. The van der Waals surface area contributed by atoms with Gasteiger partial charge in [0.25, 0.3) is 0 Å². The molecule has 100 valence electrons. The van der Waals surface area contributed by atoms with Gasteiger partial charge in [0, 0.05) is 13.1 Å². The van der Waals surface area contributed by atoms with Crippen molar-refractivity contribution in [1.82, 2.24) is 10.2 Å². The molecule has 2 heteroatoms. The third-order valence-electron chi connectivity index (χ3n) is 4.86. The molecule has 2 aliphatic carbocycles. The highest BCUT2D eigenvalue weighted by Crippen LogP contribution is 2.49. The van der Waals surface area contributed by atoms with Crippen molar-refractivity contribution in [2.24, 2.45) is 17.8 Å². The second kappa shape index (κ2) is 6.75. The predicted molar refractivity (Wildman–Crippen MR) is 74.2 cm³/mol. The molecule has 0 aromatic heterocycles. The zero-order valence-corrected chi connectivity index (χ0v) is 11.8. The molecule has 2 nitrogen and oxygen atoms in total. The minimum atomic E-state index is 1.07. The molecule has 0 radical (unpaired) electrons. The van der Waals surface area contributed by atoms with Crippen molar-refractivity contribution >= 4 is 0 Å². The van der Waals surface area contributed by atoms with Crippen LogP contribution in [-0.4, -0.2) is 38.1 Å². The first-order chi connectivity index (χ1) is 8.29. The van der Waals surface area contributed by atoms with E-state index in [1.165, 1.54) is 45.3 Å². The van der Waals surface area contributed by atoms with Gasteiger partial charge in [-0.2, -0.15) is 0 Å². The first-order valence-corrected chi connectivity index (χ1v) is 7.68. The highest BCUT2D eigenvalue weighted by molar-refractivity contribution is 4.90. The monoisotopic (exact) mass is 238 g/mol.